The molecule has 0 radical (unpaired) electrons. The van der Waals surface area contributed by atoms with Crippen LogP contribution in [0.25, 0.3) is 10.9 Å². The van der Waals surface area contributed by atoms with Crippen LogP contribution in [0.5, 0.6) is 0 Å². The molecule has 0 amide bonds. The van der Waals surface area contributed by atoms with Gasteiger partial charge < -0.3 is 5.73 Å². The van der Waals surface area contributed by atoms with Gasteiger partial charge in [0, 0.05) is 16.1 Å². The van der Waals surface area contributed by atoms with Crippen LogP contribution in [0, 0.1) is 0 Å². The zero-order valence-corrected chi connectivity index (χ0v) is 8.93. The highest BCUT2D eigenvalue weighted by atomic mass is 79.9. The Hall–Kier alpha value is -0.800. The summed E-state index contributed by atoms with van der Waals surface area (Å²) in [6.45, 7) is 0. The van der Waals surface area contributed by atoms with E-state index >= 15 is 0 Å². The minimum atomic E-state index is 0.526. The van der Waals surface area contributed by atoms with Crippen LogP contribution >= 0.6 is 27.5 Å². The smallest absolute Gasteiger partial charge is 0.0957 e. The number of benzene rings is 1. The first-order chi connectivity index (χ1) is 6.20. The van der Waals surface area contributed by atoms with Crippen LogP contribution < -0.4 is 5.73 Å². The zero-order valence-electron chi connectivity index (χ0n) is 6.59. The minimum absolute atomic E-state index is 0.526. The molecule has 66 valence electrons. The Morgan fingerprint density at radius 2 is 2.23 bits per heavy atom. The SMILES string of the molecule is Nc1c(Cl)cc(Br)c2cccnc12. The first-order valence-electron chi connectivity index (χ1n) is 3.68. The van der Waals surface area contributed by atoms with Gasteiger partial charge in [-0.3, -0.25) is 4.98 Å². The number of hydrogen-bond acceptors (Lipinski definition) is 2. The fraction of sp³-hybridized carbons (Fsp3) is 0. The first-order valence-corrected chi connectivity index (χ1v) is 4.85. The number of nitrogens with two attached hydrogens (primary N) is 1. The average Bonchev–Trinajstić information content (AvgIpc) is 2.15. The van der Waals surface area contributed by atoms with Gasteiger partial charge in [-0.2, -0.15) is 0 Å². The van der Waals surface area contributed by atoms with Crippen molar-refractivity contribution in [2.75, 3.05) is 5.73 Å². The maximum Gasteiger partial charge on any atom is 0.0957 e. The Morgan fingerprint density at radius 1 is 1.46 bits per heavy atom. The van der Waals surface area contributed by atoms with Crippen LogP contribution in [-0.4, -0.2) is 4.98 Å². The van der Waals surface area contributed by atoms with E-state index in [1.54, 1.807) is 12.3 Å². The van der Waals surface area contributed by atoms with Crippen LogP contribution in [-0.2, 0) is 0 Å². The molecule has 0 aliphatic carbocycles. The predicted molar refractivity (Wildman–Crippen MR) is 58.9 cm³/mol. The Kier molecular flexibility index (Phi) is 2.14. The standard InChI is InChI=1S/C9H6BrClN2/c10-6-4-7(11)8(12)9-5(6)2-1-3-13-9/h1-4H,12H2. The lowest BCUT2D eigenvalue weighted by molar-refractivity contribution is 1.41. The van der Waals surface area contributed by atoms with Gasteiger partial charge in [0.2, 0.25) is 0 Å². The van der Waals surface area contributed by atoms with Crippen molar-refractivity contribution in [2.45, 2.75) is 0 Å². The molecular weight excluding hydrogens is 251 g/mol. The molecule has 2 N–H and O–H groups in total. The molecule has 2 rings (SSSR count). The molecule has 0 spiro atoms. The Morgan fingerprint density at radius 3 is 3.00 bits per heavy atom. The summed E-state index contributed by atoms with van der Waals surface area (Å²) in [6, 6.07) is 5.58. The molecule has 0 aliphatic rings. The van der Waals surface area contributed by atoms with E-state index in [2.05, 4.69) is 20.9 Å². The summed E-state index contributed by atoms with van der Waals surface area (Å²) in [5, 5.41) is 1.50. The lowest BCUT2D eigenvalue weighted by atomic mass is 10.2. The maximum atomic E-state index is 5.90. The van der Waals surface area contributed by atoms with Gasteiger partial charge in [-0.1, -0.05) is 33.6 Å². The average molecular weight is 258 g/mol. The summed E-state index contributed by atoms with van der Waals surface area (Å²) in [7, 11) is 0. The fourth-order valence-electron chi connectivity index (χ4n) is 1.19. The van der Waals surface area contributed by atoms with Gasteiger partial charge in [-0.15, -0.1) is 0 Å². The summed E-state index contributed by atoms with van der Waals surface area (Å²) in [5.74, 6) is 0. The third kappa shape index (κ3) is 1.38. The van der Waals surface area contributed by atoms with Gasteiger partial charge in [0.15, 0.2) is 0 Å². The highest BCUT2D eigenvalue weighted by Crippen LogP contribution is 2.32. The van der Waals surface area contributed by atoms with Crippen LogP contribution in [0.2, 0.25) is 5.02 Å². The lowest BCUT2D eigenvalue weighted by Gasteiger charge is -2.04. The van der Waals surface area contributed by atoms with Crippen molar-refractivity contribution in [2.24, 2.45) is 0 Å². The number of nitrogens with zero attached hydrogens (tertiary/aromatic N) is 1. The monoisotopic (exact) mass is 256 g/mol. The molecule has 0 atom stereocenters. The van der Waals surface area contributed by atoms with Crippen molar-refractivity contribution < 1.29 is 0 Å². The van der Waals surface area contributed by atoms with Crippen LogP contribution in [0.1, 0.15) is 0 Å². The zero-order chi connectivity index (χ0) is 9.42. The molecule has 1 heterocycles. The third-order valence-corrected chi connectivity index (χ3v) is 2.80. The third-order valence-electron chi connectivity index (χ3n) is 1.83. The number of anilines is 1. The number of hydrogen-bond donors (Lipinski definition) is 1. The van der Waals surface area contributed by atoms with E-state index in [0.29, 0.717) is 10.7 Å². The normalized spacial score (nSPS) is 10.6. The minimum Gasteiger partial charge on any atom is -0.396 e. The number of rotatable bonds is 0. The van der Waals surface area contributed by atoms with Gasteiger partial charge in [-0.25, -0.2) is 0 Å². The number of aromatic nitrogens is 1. The molecular formula is C9H6BrClN2. The Labute approximate surface area is 88.8 Å². The van der Waals surface area contributed by atoms with Crippen molar-refractivity contribution in [1.29, 1.82) is 0 Å². The molecule has 4 heteroatoms. The van der Waals surface area contributed by atoms with Gasteiger partial charge in [0.1, 0.15) is 0 Å². The molecule has 1 aromatic carbocycles. The maximum absolute atomic E-state index is 5.90. The largest absolute Gasteiger partial charge is 0.396 e. The molecule has 0 saturated heterocycles. The van der Waals surface area contributed by atoms with Crippen LogP contribution in [0.15, 0.2) is 28.9 Å². The van der Waals surface area contributed by atoms with E-state index in [-0.39, 0.29) is 0 Å². The molecule has 0 bridgehead atoms. The van der Waals surface area contributed by atoms with E-state index in [4.69, 9.17) is 17.3 Å². The number of halogens is 2. The van der Waals surface area contributed by atoms with Crippen LogP contribution in [0.4, 0.5) is 5.69 Å². The molecule has 2 aromatic rings. The van der Waals surface area contributed by atoms with Crippen LogP contribution in [0.3, 0.4) is 0 Å². The molecule has 13 heavy (non-hydrogen) atoms. The number of nitrogen functional groups attached to an aromatic ring is 1. The Balaban J connectivity index is 2.97. The summed E-state index contributed by atoms with van der Waals surface area (Å²) in [6.07, 6.45) is 1.70. The number of fused-ring (bicyclic) bond motifs is 1. The van der Waals surface area contributed by atoms with E-state index in [1.807, 2.05) is 12.1 Å². The van der Waals surface area contributed by atoms with E-state index in [1.165, 1.54) is 0 Å². The van der Waals surface area contributed by atoms with Gasteiger partial charge in [-0.05, 0) is 12.1 Å². The van der Waals surface area contributed by atoms with Crippen molar-refractivity contribution >= 4 is 44.1 Å². The summed E-state index contributed by atoms with van der Waals surface area (Å²) in [5.41, 5.74) is 7.04. The summed E-state index contributed by atoms with van der Waals surface area (Å²) < 4.78 is 0.912. The van der Waals surface area contributed by atoms with Gasteiger partial charge >= 0.3 is 0 Å². The topological polar surface area (TPSA) is 38.9 Å². The van der Waals surface area contributed by atoms with Gasteiger partial charge in [0.25, 0.3) is 0 Å². The van der Waals surface area contributed by atoms with Crippen molar-refractivity contribution in [3.63, 3.8) is 0 Å². The van der Waals surface area contributed by atoms with Crippen molar-refractivity contribution in [1.82, 2.24) is 4.98 Å². The first kappa shape index (κ1) is 8.78. The number of pyridine rings is 1. The molecule has 0 saturated carbocycles. The van der Waals surface area contributed by atoms with Crippen molar-refractivity contribution in [3.8, 4) is 0 Å². The molecule has 0 unspecified atom stereocenters. The van der Waals surface area contributed by atoms with E-state index in [9.17, 15) is 0 Å². The molecule has 0 fully saturated rings. The molecule has 0 aliphatic heterocycles. The summed E-state index contributed by atoms with van der Waals surface area (Å²) >= 11 is 9.30. The second-order valence-electron chi connectivity index (χ2n) is 2.65. The Bertz CT molecular complexity index is 470. The quantitative estimate of drug-likeness (QED) is 0.736. The van der Waals surface area contributed by atoms with Crippen molar-refractivity contribution in [3.05, 3.63) is 33.9 Å². The highest BCUT2D eigenvalue weighted by Gasteiger charge is 2.06. The predicted octanol–water partition coefficient (Wildman–Crippen LogP) is 3.23. The highest BCUT2D eigenvalue weighted by molar-refractivity contribution is 9.10. The molecule has 1 aromatic heterocycles. The second-order valence-corrected chi connectivity index (χ2v) is 3.91. The fourth-order valence-corrected chi connectivity index (χ4v) is 2.07. The van der Waals surface area contributed by atoms with E-state index < -0.39 is 0 Å². The van der Waals surface area contributed by atoms with Gasteiger partial charge in [0.05, 0.1) is 16.2 Å². The summed E-state index contributed by atoms with van der Waals surface area (Å²) in [4.78, 5) is 4.16. The van der Waals surface area contributed by atoms with E-state index in [0.717, 1.165) is 15.4 Å². The second kappa shape index (κ2) is 3.16. The lowest BCUT2D eigenvalue weighted by Crippen LogP contribution is -1.91. The molecule has 2 nitrogen and oxygen atoms in total.